The molecule has 0 saturated carbocycles. The highest BCUT2D eigenvalue weighted by Crippen LogP contribution is 2.30. The number of hydrogen-bond donors (Lipinski definition) is 1. The van der Waals surface area contributed by atoms with E-state index in [-0.39, 0.29) is 17.3 Å². The van der Waals surface area contributed by atoms with Crippen molar-refractivity contribution in [1.29, 1.82) is 0 Å². The second-order valence-corrected chi connectivity index (χ2v) is 7.50. The van der Waals surface area contributed by atoms with E-state index >= 15 is 0 Å². The summed E-state index contributed by atoms with van der Waals surface area (Å²) >= 11 is 1.50. The molecule has 5 nitrogen and oxygen atoms in total. The van der Waals surface area contributed by atoms with E-state index in [1.54, 1.807) is 0 Å². The minimum absolute atomic E-state index is 0.0421. The fraction of sp³-hybridized carbons (Fsp3) is 0.474. The first kappa shape index (κ1) is 18.0. The van der Waals surface area contributed by atoms with E-state index in [2.05, 4.69) is 27.0 Å². The highest BCUT2D eigenvalue weighted by molar-refractivity contribution is 8.00. The molecule has 1 aliphatic rings. The summed E-state index contributed by atoms with van der Waals surface area (Å²) in [6.07, 6.45) is 4.30. The molecule has 0 bridgehead atoms. The maximum absolute atomic E-state index is 12.1. The summed E-state index contributed by atoms with van der Waals surface area (Å²) in [7, 11) is 0. The number of aromatic nitrogens is 2. The summed E-state index contributed by atoms with van der Waals surface area (Å²) in [5.41, 5.74) is 2.20. The van der Waals surface area contributed by atoms with Crippen LogP contribution in [0.4, 0.5) is 0 Å². The van der Waals surface area contributed by atoms with Crippen LogP contribution in [0.3, 0.4) is 0 Å². The van der Waals surface area contributed by atoms with Gasteiger partial charge in [-0.05, 0) is 32.3 Å². The summed E-state index contributed by atoms with van der Waals surface area (Å²) < 4.78 is 8.03. The fourth-order valence-corrected chi connectivity index (χ4v) is 3.91. The van der Waals surface area contributed by atoms with Gasteiger partial charge in [-0.15, -0.1) is 0 Å². The van der Waals surface area contributed by atoms with Crippen molar-refractivity contribution in [3.05, 3.63) is 36.5 Å². The van der Waals surface area contributed by atoms with Crippen molar-refractivity contribution in [2.45, 2.75) is 49.7 Å². The largest absolute Gasteiger partial charge is 0.376 e. The predicted octanol–water partition coefficient (Wildman–Crippen LogP) is 3.35. The van der Waals surface area contributed by atoms with Gasteiger partial charge in [0.15, 0.2) is 5.16 Å². The molecule has 0 aliphatic carbocycles. The zero-order valence-electron chi connectivity index (χ0n) is 14.8. The normalized spacial score (nSPS) is 18.2. The number of rotatable bonds is 7. The van der Waals surface area contributed by atoms with Gasteiger partial charge < -0.3 is 14.6 Å². The summed E-state index contributed by atoms with van der Waals surface area (Å²) in [4.78, 5) is 16.7. The van der Waals surface area contributed by atoms with Gasteiger partial charge in [-0.25, -0.2) is 4.98 Å². The topological polar surface area (TPSA) is 56.2 Å². The zero-order valence-corrected chi connectivity index (χ0v) is 15.6. The number of nitrogens with one attached hydrogen (secondary N) is 1. The molecule has 1 saturated heterocycles. The van der Waals surface area contributed by atoms with Crippen LogP contribution in [0.25, 0.3) is 11.3 Å². The molecule has 1 N–H and O–H groups in total. The number of thioether (sulfide) groups is 1. The monoisotopic (exact) mass is 359 g/mol. The van der Waals surface area contributed by atoms with E-state index in [0.717, 1.165) is 42.4 Å². The molecule has 3 rings (SSSR count). The van der Waals surface area contributed by atoms with Crippen molar-refractivity contribution < 1.29 is 9.53 Å². The lowest BCUT2D eigenvalue weighted by Crippen LogP contribution is -2.30. The Morgan fingerprint density at radius 2 is 2.24 bits per heavy atom. The molecule has 2 heterocycles. The van der Waals surface area contributed by atoms with Gasteiger partial charge in [0.05, 0.1) is 29.8 Å². The molecule has 1 aromatic carbocycles. The third kappa shape index (κ3) is 4.44. The molecule has 2 atom stereocenters. The van der Waals surface area contributed by atoms with E-state index in [1.807, 2.05) is 38.2 Å². The van der Waals surface area contributed by atoms with E-state index in [0.29, 0.717) is 6.54 Å². The Balaban J connectivity index is 1.86. The van der Waals surface area contributed by atoms with Gasteiger partial charge in [0, 0.05) is 13.2 Å². The number of imidazole rings is 1. The Kier molecular flexibility index (Phi) is 6.15. The predicted molar refractivity (Wildman–Crippen MR) is 101 cm³/mol. The summed E-state index contributed by atoms with van der Waals surface area (Å²) in [5, 5.41) is 3.56. The zero-order chi connectivity index (χ0) is 17.6. The number of ether oxygens (including phenoxy) is 1. The highest BCUT2D eigenvalue weighted by Gasteiger charge is 2.23. The number of amides is 1. The fourth-order valence-electron chi connectivity index (χ4n) is 2.99. The van der Waals surface area contributed by atoms with Gasteiger partial charge in [-0.3, -0.25) is 4.79 Å². The Morgan fingerprint density at radius 3 is 2.92 bits per heavy atom. The van der Waals surface area contributed by atoms with Gasteiger partial charge in [0.25, 0.3) is 0 Å². The number of hydrogen-bond acceptors (Lipinski definition) is 4. The molecule has 0 unspecified atom stereocenters. The quantitative estimate of drug-likeness (QED) is 0.770. The molecule has 0 radical (unpaired) electrons. The lowest BCUT2D eigenvalue weighted by molar-refractivity contribution is -0.120. The molecule has 2 aromatic rings. The lowest BCUT2D eigenvalue weighted by atomic mass is 10.1. The van der Waals surface area contributed by atoms with Crippen molar-refractivity contribution >= 4 is 17.7 Å². The second kappa shape index (κ2) is 8.54. The Bertz CT molecular complexity index is 696. The molecule has 25 heavy (non-hydrogen) atoms. The van der Waals surface area contributed by atoms with Gasteiger partial charge >= 0.3 is 0 Å². The molecule has 134 valence electrons. The smallest absolute Gasteiger partial charge is 0.233 e. The maximum atomic E-state index is 12.1. The molecule has 0 spiro atoms. The summed E-state index contributed by atoms with van der Waals surface area (Å²) in [6, 6.07) is 10.2. The van der Waals surface area contributed by atoms with Crippen LogP contribution in [0, 0.1) is 0 Å². The number of carbonyl (C=O) groups excluding carboxylic acids is 1. The molecule has 1 amide bonds. The van der Waals surface area contributed by atoms with Crippen molar-refractivity contribution in [1.82, 2.24) is 14.9 Å². The van der Waals surface area contributed by atoms with Crippen LogP contribution in [-0.2, 0) is 16.1 Å². The molecular weight excluding hydrogens is 334 g/mol. The average molecular weight is 359 g/mol. The molecule has 1 fully saturated rings. The lowest BCUT2D eigenvalue weighted by Gasteiger charge is -2.17. The van der Waals surface area contributed by atoms with Crippen molar-refractivity contribution in [3.63, 3.8) is 0 Å². The third-order valence-corrected chi connectivity index (χ3v) is 5.41. The van der Waals surface area contributed by atoms with E-state index in [4.69, 9.17) is 4.74 Å². The number of nitrogens with zero attached hydrogens (tertiary/aromatic N) is 2. The van der Waals surface area contributed by atoms with E-state index in [9.17, 15) is 4.79 Å². The summed E-state index contributed by atoms with van der Waals surface area (Å²) in [5.74, 6) is 0.0421. The van der Waals surface area contributed by atoms with Gasteiger partial charge in [0.2, 0.25) is 5.91 Å². The minimum Gasteiger partial charge on any atom is -0.376 e. The Morgan fingerprint density at radius 1 is 1.44 bits per heavy atom. The van der Waals surface area contributed by atoms with E-state index in [1.165, 1.54) is 11.8 Å². The van der Waals surface area contributed by atoms with Crippen LogP contribution in [0.1, 0.15) is 26.7 Å². The average Bonchev–Trinajstić information content (AvgIpc) is 3.27. The first-order chi connectivity index (χ1) is 12.2. The number of benzene rings is 1. The van der Waals surface area contributed by atoms with E-state index < -0.39 is 0 Å². The molecule has 1 aromatic heterocycles. The molecule has 6 heteroatoms. The van der Waals surface area contributed by atoms with Gasteiger partial charge in [-0.1, -0.05) is 42.1 Å². The summed E-state index contributed by atoms with van der Waals surface area (Å²) in [6.45, 7) is 6.10. The van der Waals surface area contributed by atoms with Crippen LogP contribution in [0.5, 0.6) is 0 Å². The number of carbonyl (C=O) groups is 1. The van der Waals surface area contributed by atoms with Crippen LogP contribution < -0.4 is 5.32 Å². The van der Waals surface area contributed by atoms with Crippen molar-refractivity contribution in [2.75, 3.05) is 13.2 Å². The second-order valence-electron chi connectivity index (χ2n) is 6.19. The van der Waals surface area contributed by atoms with Gasteiger partial charge in [-0.2, -0.15) is 0 Å². The Labute approximate surface area is 153 Å². The first-order valence-corrected chi connectivity index (χ1v) is 9.74. The standard InChI is InChI=1S/C19H25N3O2S/c1-3-20-18(23)14(2)25-19-21-12-17(15-8-5-4-6-9-15)22(19)13-16-10-7-11-24-16/h4-6,8-9,12,14,16H,3,7,10-11,13H2,1-2H3,(H,20,23)/t14-,16-/m1/s1. The Hall–Kier alpha value is -1.79. The minimum atomic E-state index is -0.186. The van der Waals surface area contributed by atoms with Crippen LogP contribution in [0.15, 0.2) is 41.7 Å². The van der Waals surface area contributed by atoms with Crippen molar-refractivity contribution in [3.8, 4) is 11.3 Å². The highest BCUT2D eigenvalue weighted by atomic mass is 32.2. The first-order valence-electron chi connectivity index (χ1n) is 8.86. The SMILES string of the molecule is CCNC(=O)[C@@H](C)Sc1ncc(-c2ccccc2)n1C[C@H]1CCCO1. The van der Waals surface area contributed by atoms with Crippen LogP contribution in [-0.4, -0.2) is 40.0 Å². The molecule has 1 aliphatic heterocycles. The van der Waals surface area contributed by atoms with Gasteiger partial charge in [0.1, 0.15) is 0 Å². The third-order valence-electron chi connectivity index (χ3n) is 4.30. The maximum Gasteiger partial charge on any atom is 0.233 e. The van der Waals surface area contributed by atoms with Crippen LogP contribution in [0.2, 0.25) is 0 Å². The van der Waals surface area contributed by atoms with Crippen molar-refractivity contribution in [2.24, 2.45) is 0 Å². The van der Waals surface area contributed by atoms with Crippen LogP contribution >= 0.6 is 11.8 Å². The molecular formula is C19H25N3O2S.